The zero-order valence-corrected chi connectivity index (χ0v) is 15.7. The summed E-state index contributed by atoms with van der Waals surface area (Å²) in [7, 11) is -2.18. The van der Waals surface area contributed by atoms with Crippen molar-refractivity contribution in [1.29, 1.82) is 0 Å². The van der Waals surface area contributed by atoms with Crippen LogP contribution >= 0.6 is 12.4 Å². The maximum absolute atomic E-state index is 12.6. The van der Waals surface area contributed by atoms with Gasteiger partial charge in [-0.25, -0.2) is 8.42 Å². The number of hydrogen-bond acceptors (Lipinski definition) is 5. The van der Waals surface area contributed by atoms with Crippen LogP contribution in [0.3, 0.4) is 0 Å². The molecule has 7 nitrogen and oxygen atoms in total. The highest BCUT2D eigenvalue weighted by Gasteiger charge is 2.30. The SMILES string of the molecule is COc1cc(NC(=O)C(C)(C)N)ccc1S(=O)(=O)N1CCCC1.Cl. The molecule has 0 aromatic heterocycles. The van der Waals surface area contributed by atoms with Gasteiger partial charge in [0.2, 0.25) is 15.9 Å². The quantitative estimate of drug-likeness (QED) is 0.811. The molecule has 1 aromatic rings. The molecule has 0 radical (unpaired) electrons. The minimum Gasteiger partial charge on any atom is -0.495 e. The van der Waals surface area contributed by atoms with E-state index >= 15 is 0 Å². The summed E-state index contributed by atoms with van der Waals surface area (Å²) in [6, 6.07) is 4.48. The predicted molar refractivity (Wildman–Crippen MR) is 95.1 cm³/mol. The molecule has 0 atom stereocenters. The van der Waals surface area contributed by atoms with Gasteiger partial charge in [0.05, 0.1) is 12.6 Å². The molecule has 1 heterocycles. The number of methoxy groups -OCH3 is 1. The third kappa shape index (κ3) is 4.38. The summed E-state index contributed by atoms with van der Waals surface area (Å²) in [5.41, 5.74) is 5.14. The molecule has 0 saturated carbocycles. The van der Waals surface area contributed by atoms with Gasteiger partial charge in [-0.05, 0) is 38.8 Å². The Labute approximate surface area is 149 Å². The highest BCUT2D eigenvalue weighted by molar-refractivity contribution is 7.89. The van der Waals surface area contributed by atoms with Crippen LogP contribution in [0, 0.1) is 0 Å². The summed E-state index contributed by atoms with van der Waals surface area (Å²) >= 11 is 0. The first kappa shape index (κ1) is 20.7. The summed E-state index contributed by atoms with van der Waals surface area (Å²) in [6.07, 6.45) is 1.72. The first-order valence-corrected chi connectivity index (χ1v) is 8.89. The van der Waals surface area contributed by atoms with Crippen LogP contribution in [0.1, 0.15) is 26.7 Å². The minimum absolute atomic E-state index is 0. The van der Waals surface area contributed by atoms with Crippen molar-refractivity contribution in [2.75, 3.05) is 25.5 Å². The van der Waals surface area contributed by atoms with E-state index in [0.29, 0.717) is 18.8 Å². The number of carbonyl (C=O) groups is 1. The Morgan fingerprint density at radius 3 is 2.38 bits per heavy atom. The molecule has 3 N–H and O–H groups in total. The van der Waals surface area contributed by atoms with Crippen molar-refractivity contribution >= 4 is 34.0 Å². The predicted octanol–water partition coefficient (Wildman–Crippen LogP) is 1.58. The average molecular weight is 378 g/mol. The largest absolute Gasteiger partial charge is 0.495 e. The number of hydrogen-bond donors (Lipinski definition) is 2. The molecule has 1 aliphatic rings. The van der Waals surface area contributed by atoms with Crippen molar-refractivity contribution in [3.8, 4) is 5.75 Å². The Morgan fingerprint density at radius 1 is 1.29 bits per heavy atom. The van der Waals surface area contributed by atoms with Crippen LogP contribution < -0.4 is 15.8 Å². The van der Waals surface area contributed by atoms with Crippen LogP contribution in [0.25, 0.3) is 0 Å². The summed E-state index contributed by atoms with van der Waals surface area (Å²) in [4.78, 5) is 12.0. The van der Waals surface area contributed by atoms with Crippen LogP contribution in [-0.2, 0) is 14.8 Å². The van der Waals surface area contributed by atoms with Crippen molar-refractivity contribution in [3.05, 3.63) is 18.2 Å². The highest BCUT2D eigenvalue weighted by atomic mass is 35.5. The van der Waals surface area contributed by atoms with Crippen LogP contribution in [0.2, 0.25) is 0 Å². The van der Waals surface area contributed by atoms with Gasteiger partial charge in [-0.3, -0.25) is 4.79 Å². The standard InChI is InChI=1S/C15H23N3O4S.ClH/c1-15(2,16)14(19)17-11-6-7-13(12(10-11)22-3)23(20,21)18-8-4-5-9-18;/h6-7,10H,4-5,8-9,16H2,1-3H3,(H,17,19);1H. The van der Waals surface area contributed by atoms with E-state index in [1.54, 1.807) is 13.8 Å². The Hall–Kier alpha value is -1.35. The number of rotatable bonds is 5. The maximum Gasteiger partial charge on any atom is 0.246 e. The maximum atomic E-state index is 12.6. The van der Waals surface area contributed by atoms with Crippen LogP contribution in [0.4, 0.5) is 5.69 Å². The van der Waals surface area contributed by atoms with Crippen molar-refractivity contribution in [1.82, 2.24) is 4.31 Å². The second kappa shape index (κ2) is 7.69. The Kier molecular flexibility index (Phi) is 6.63. The zero-order chi connectivity index (χ0) is 17.3. The van der Waals surface area contributed by atoms with Gasteiger partial charge in [0.25, 0.3) is 0 Å². The van der Waals surface area contributed by atoms with E-state index in [0.717, 1.165) is 12.8 Å². The molecule has 9 heteroatoms. The fraction of sp³-hybridized carbons (Fsp3) is 0.533. The number of nitrogens with zero attached hydrogens (tertiary/aromatic N) is 1. The van der Waals surface area contributed by atoms with Crippen LogP contribution in [0.15, 0.2) is 23.1 Å². The number of benzene rings is 1. The molecule has 1 saturated heterocycles. The average Bonchev–Trinajstić information content (AvgIpc) is 3.00. The molecule has 1 aromatic carbocycles. The fourth-order valence-corrected chi connectivity index (χ4v) is 3.97. The number of amides is 1. The molecule has 136 valence electrons. The summed E-state index contributed by atoms with van der Waals surface area (Å²) in [5, 5.41) is 2.65. The fourth-order valence-electron chi connectivity index (χ4n) is 2.32. The van der Waals surface area contributed by atoms with E-state index in [4.69, 9.17) is 10.5 Å². The lowest BCUT2D eigenvalue weighted by atomic mass is 10.1. The van der Waals surface area contributed by atoms with E-state index in [9.17, 15) is 13.2 Å². The van der Waals surface area contributed by atoms with Gasteiger partial charge in [-0.2, -0.15) is 4.31 Å². The molecule has 2 rings (SSSR count). The summed E-state index contributed by atoms with van der Waals surface area (Å²) < 4.78 is 32.0. The van der Waals surface area contributed by atoms with Crippen molar-refractivity contribution in [2.24, 2.45) is 5.73 Å². The van der Waals surface area contributed by atoms with Gasteiger partial charge in [0, 0.05) is 24.8 Å². The molecular formula is C15H24ClN3O4S. The normalized spacial score (nSPS) is 15.7. The van der Waals surface area contributed by atoms with Crippen molar-refractivity contribution in [2.45, 2.75) is 37.1 Å². The number of ether oxygens (including phenoxy) is 1. The first-order valence-electron chi connectivity index (χ1n) is 7.45. The number of halogens is 1. The summed E-state index contributed by atoms with van der Waals surface area (Å²) in [6.45, 7) is 4.22. The zero-order valence-electron chi connectivity index (χ0n) is 14.0. The lowest BCUT2D eigenvalue weighted by Crippen LogP contribution is -2.45. The molecule has 1 amide bonds. The second-order valence-corrected chi connectivity index (χ2v) is 8.06. The molecule has 24 heavy (non-hydrogen) atoms. The van der Waals surface area contributed by atoms with Gasteiger partial charge in [0.1, 0.15) is 10.6 Å². The van der Waals surface area contributed by atoms with Gasteiger partial charge in [-0.15, -0.1) is 12.4 Å². The second-order valence-electron chi connectivity index (χ2n) is 6.15. The minimum atomic E-state index is -3.58. The van der Waals surface area contributed by atoms with E-state index in [-0.39, 0.29) is 29.0 Å². The van der Waals surface area contributed by atoms with Crippen LogP contribution in [-0.4, -0.2) is 44.4 Å². The van der Waals surface area contributed by atoms with Crippen molar-refractivity contribution in [3.63, 3.8) is 0 Å². The molecular weight excluding hydrogens is 354 g/mol. The van der Waals surface area contributed by atoms with E-state index in [1.165, 1.54) is 29.6 Å². The number of nitrogens with one attached hydrogen (secondary N) is 1. The van der Waals surface area contributed by atoms with Crippen LogP contribution in [0.5, 0.6) is 5.75 Å². The highest BCUT2D eigenvalue weighted by Crippen LogP contribution is 2.31. The molecule has 0 bridgehead atoms. The van der Waals surface area contributed by atoms with Gasteiger partial charge in [-0.1, -0.05) is 0 Å². The Morgan fingerprint density at radius 2 is 1.88 bits per heavy atom. The molecule has 1 fully saturated rings. The van der Waals surface area contributed by atoms with Gasteiger partial charge in [0.15, 0.2) is 0 Å². The number of anilines is 1. The molecule has 0 spiro atoms. The Bertz CT molecular complexity index is 695. The third-order valence-electron chi connectivity index (χ3n) is 3.69. The number of nitrogens with two attached hydrogens (primary N) is 1. The molecule has 0 unspecified atom stereocenters. The monoisotopic (exact) mass is 377 g/mol. The number of sulfonamides is 1. The van der Waals surface area contributed by atoms with Gasteiger partial charge >= 0.3 is 0 Å². The summed E-state index contributed by atoms with van der Waals surface area (Å²) in [5.74, 6) is -0.167. The topological polar surface area (TPSA) is 102 Å². The van der Waals surface area contributed by atoms with Gasteiger partial charge < -0.3 is 15.8 Å². The lowest BCUT2D eigenvalue weighted by molar-refractivity contribution is -0.120. The Balaban J connectivity index is 0.00000288. The lowest BCUT2D eigenvalue weighted by Gasteiger charge is -2.20. The number of carbonyl (C=O) groups excluding carboxylic acids is 1. The first-order chi connectivity index (χ1) is 10.7. The van der Waals surface area contributed by atoms with E-state index in [2.05, 4.69) is 5.32 Å². The third-order valence-corrected chi connectivity index (χ3v) is 5.63. The van der Waals surface area contributed by atoms with Crippen molar-refractivity contribution < 1.29 is 17.9 Å². The van der Waals surface area contributed by atoms with E-state index in [1.807, 2.05) is 0 Å². The molecule has 0 aliphatic carbocycles. The molecule has 1 aliphatic heterocycles. The van der Waals surface area contributed by atoms with E-state index < -0.39 is 15.6 Å². The smallest absolute Gasteiger partial charge is 0.246 e.